The summed E-state index contributed by atoms with van der Waals surface area (Å²) in [4.78, 5) is 97.6. The molecule has 0 bridgehead atoms. The van der Waals surface area contributed by atoms with E-state index in [1.54, 1.807) is 30.5 Å². The Labute approximate surface area is 342 Å². The Kier molecular flexibility index (Phi) is 17.1. The van der Waals surface area contributed by atoms with Crippen molar-refractivity contribution >= 4 is 64.0 Å². The number of carbonyl (C=O) groups is 7. The Morgan fingerprint density at radius 1 is 0.845 bits per heavy atom. The average molecular weight is 821 g/mol. The molecule has 0 unspecified atom stereocenters. The fourth-order valence-electron chi connectivity index (χ4n) is 6.88. The Morgan fingerprint density at radius 2 is 1.50 bits per heavy atom. The van der Waals surface area contributed by atoms with E-state index in [-0.39, 0.29) is 44.6 Å². The van der Waals surface area contributed by atoms with E-state index in [2.05, 4.69) is 31.7 Å². The van der Waals surface area contributed by atoms with Crippen molar-refractivity contribution in [2.75, 3.05) is 18.6 Å². The number of nitrogens with zero attached hydrogens (tertiary/aromatic N) is 1. The number of aromatic amines is 1. The van der Waals surface area contributed by atoms with Crippen molar-refractivity contribution in [3.05, 3.63) is 71.9 Å². The zero-order chi connectivity index (χ0) is 42.4. The molecule has 2 heterocycles. The molecular formula is C40H56N10O7S. The van der Waals surface area contributed by atoms with Gasteiger partial charge in [0.05, 0.1) is 6.04 Å². The average Bonchev–Trinajstić information content (AvgIpc) is 3.78. The third-order valence-corrected chi connectivity index (χ3v) is 10.6. The van der Waals surface area contributed by atoms with Crippen molar-refractivity contribution < 1.29 is 33.6 Å². The highest BCUT2D eigenvalue weighted by Gasteiger charge is 2.41. The molecule has 3 aromatic rings. The molecule has 2 aromatic carbocycles. The van der Waals surface area contributed by atoms with Gasteiger partial charge in [0, 0.05) is 42.9 Å². The number of nitrogens with one attached hydrogen (secondary N) is 6. The number of hydrazine groups is 1. The zero-order valence-corrected chi connectivity index (χ0v) is 33.9. The number of rotatable bonds is 22. The zero-order valence-electron chi connectivity index (χ0n) is 33.1. The molecule has 1 saturated heterocycles. The largest absolute Gasteiger partial charge is 0.370 e. The molecule has 12 N–H and O–H groups in total. The number of para-hydroxylation sites is 1. The van der Waals surface area contributed by atoms with Crippen LogP contribution in [0, 0.1) is 5.92 Å². The molecule has 0 radical (unpaired) electrons. The van der Waals surface area contributed by atoms with Crippen LogP contribution in [0.2, 0.25) is 0 Å². The number of carbonyl (C=O) groups excluding carboxylic acids is 7. The number of hydrogen-bond donors (Lipinski definition) is 9. The van der Waals surface area contributed by atoms with Crippen LogP contribution in [0.15, 0.2) is 60.8 Å². The predicted molar refractivity (Wildman–Crippen MR) is 221 cm³/mol. The molecule has 0 aliphatic carbocycles. The van der Waals surface area contributed by atoms with Gasteiger partial charge in [0.2, 0.25) is 35.4 Å². The molecule has 0 saturated carbocycles. The van der Waals surface area contributed by atoms with Crippen molar-refractivity contribution in [1.29, 1.82) is 0 Å². The summed E-state index contributed by atoms with van der Waals surface area (Å²) in [5.74, 6) is 1.82. The molecule has 58 heavy (non-hydrogen) atoms. The van der Waals surface area contributed by atoms with Crippen LogP contribution in [0.5, 0.6) is 0 Å². The molecule has 1 fully saturated rings. The maximum Gasteiger partial charge on any atom is 0.256 e. The molecule has 18 heteroatoms. The number of H-pyrrole nitrogens is 1. The lowest BCUT2D eigenvalue weighted by molar-refractivity contribution is -0.141. The van der Waals surface area contributed by atoms with E-state index < -0.39 is 77.6 Å². The first-order valence-electron chi connectivity index (χ1n) is 19.4. The highest BCUT2D eigenvalue weighted by atomic mass is 32.2. The third kappa shape index (κ3) is 12.8. The first-order chi connectivity index (χ1) is 27.7. The van der Waals surface area contributed by atoms with Gasteiger partial charge in [-0.2, -0.15) is 11.8 Å². The van der Waals surface area contributed by atoms with Crippen LogP contribution >= 0.6 is 11.8 Å². The Hall–Kier alpha value is -5.46. The second-order valence-electron chi connectivity index (χ2n) is 14.9. The summed E-state index contributed by atoms with van der Waals surface area (Å²) in [6.07, 6.45) is 4.37. The number of fused-ring (bicyclic) bond motifs is 1. The first kappa shape index (κ1) is 45.2. The van der Waals surface area contributed by atoms with Crippen LogP contribution in [-0.4, -0.2) is 106 Å². The summed E-state index contributed by atoms with van der Waals surface area (Å²) in [7, 11) is 0. The molecule has 1 aromatic heterocycles. The van der Waals surface area contributed by atoms with Gasteiger partial charge in [0.1, 0.15) is 30.2 Å². The number of likely N-dealkylation sites (tertiary alicyclic amines) is 1. The smallest absolute Gasteiger partial charge is 0.256 e. The van der Waals surface area contributed by atoms with Gasteiger partial charge in [0.15, 0.2) is 0 Å². The molecule has 314 valence electrons. The van der Waals surface area contributed by atoms with Gasteiger partial charge < -0.3 is 42.6 Å². The lowest BCUT2D eigenvalue weighted by atomic mass is 10.0. The first-order valence-corrected chi connectivity index (χ1v) is 20.8. The van der Waals surface area contributed by atoms with Crippen LogP contribution in [-0.2, 0) is 46.4 Å². The van der Waals surface area contributed by atoms with Crippen LogP contribution < -0.4 is 44.0 Å². The molecule has 6 atom stereocenters. The molecule has 1 aliphatic rings. The second-order valence-corrected chi connectivity index (χ2v) is 15.9. The lowest BCUT2D eigenvalue weighted by Crippen LogP contribution is -2.58. The summed E-state index contributed by atoms with van der Waals surface area (Å²) in [6, 6.07) is 10.1. The van der Waals surface area contributed by atoms with Crippen LogP contribution in [0.3, 0.4) is 0 Å². The third-order valence-electron chi connectivity index (χ3n) is 10.0. The van der Waals surface area contributed by atoms with E-state index in [9.17, 15) is 33.6 Å². The van der Waals surface area contributed by atoms with Crippen LogP contribution in [0.4, 0.5) is 0 Å². The van der Waals surface area contributed by atoms with E-state index in [0.717, 1.165) is 22.0 Å². The van der Waals surface area contributed by atoms with Gasteiger partial charge >= 0.3 is 0 Å². The van der Waals surface area contributed by atoms with Crippen molar-refractivity contribution in [3.8, 4) is 0 Å². The number of primary amides is 1. The SMILES string of the molecule is CSCC[C@H](NC(=O)[C@@H](CC(C)C)N1CC[C@@H](NC(=O)[C@H](Cc2ccccc2)NC(=O)[C@@H](Cc2c[nH]c3ccccc23)NC(=O)[C@@H](N)CCC(N)=O)C1=O)C(=O)NN. The number of benzene rings is 2. The van der Waals surface area contributed by atoms with E-state index >= 15 is 0 Å². The molecule has 4 rings (SSSR count). The van der Waals surface area contributed by atoms with Crippen LogP contribution in [0.25, 0.3) is 10.9 Å². The quantitative estimate of drug-likeness (QED) is 0.0368. The molecule has 1 aliphatic heterocycles. The molecular weight excluding hydrogens is 765 g/mol. The molecule has 7 amide bonds. The summed E-state index contributed by atoms with van der Waals surface area (Å²) in [5, 5.41) is 11.9. The monoisotopic (exact) mass is 820 g/mol. The fraction of sp³-hybridized carbons (Fsp3) is 0.475. The fourth-order valence-corrected chi connectivity index (χ4v) is 7.35. The number of nitrogens with two attached hydrogens (primary N) is 3. The summed E-state index contributed by atoms with van der Waals surface area (Å²) in [6.45, 7) is 3.99. The minimum Gasteiger partial charge on any atom is -0.370 e. The highest BCUT2D eigenvalue weighted by Crippen LogP contribution is 2.22. The number of amides is 7. The van der Waals surface area contributed by atoms with Gasteiger partial charge in [-0.25, -0.2) is 5.84 Å². The second kappa shape index (κ2) is 21.9. The van der Waals surface area contributed by atoms with Gasteiger partial charge in [-0.3, -0.25) is 39.0 Å². The van der Waals surface area contributed by atoms with Crippen molar-refractivity contribution in [3.63, 3.8) is 0 Å². The molecule has 0 spiro atoms. The number of thioether (sulfide) groups is 1. The summed E-state index contributed by atoms with van der Waals surface area (Å²) in [5.41, 5.74) is 15.7. The van der Waals surface area contributed by atoms with E-state index in [1.165, 1.54) is 16.7 Å². The van der Waals surface area contributed by atoms with Gasteiger partial charge in [-0.15, -0.1) is 0 Å². The van der Waals surface area contributed by atoms with Crippen molar-refractivity contribution in [2.24, 2.45) is 23.2 Å². The standard InChI is InChI=1S/C40H56N10O7S/c1-23(2)19-33(39(56)45-29(16-18-58-3)38(55)49-43)50-17-15-30(40(50)57)46-36(53)31(20-24-9-5-4-6-10-24)48-37(54)32(47-35(52)27(41)13-14-34(42)51)21-25-22-44-28-12-8-7-11-26(25)28/h4-12,22-23,27,29-33,44H,13-21,41,43H2,1-3H3,(H2,42,51)(H,45,56)(H,46,53)(H,47,52)(H,48,54)(H,49,55)/t27-,29-,30+,31-,32+,33+/m0/s1. The maximum absolute atomic E-state index is 14.2. The highest BCUT2D eigenvalue weighted by molar-refractivity contribution is 7.98. The van der Waals surface area contributed by atoms with E-state index in [1.807, 2.05) is 50.4 Å². The molecule has 17 nitrogen and oxygen atoms in total. The van der Waals surface area contributed by atoms with Gasteiger partial charge in [0.25, 0.3) is 5.91 Å². The minimum atomic E-state index is -1.20. The number of aromatic nitrogens is 1. The van der Waals surface area contributed by atoms with Gasteiger partial charge in [-0.05, 0) is 60.8 Å². The summed E-state index contributed by atoms with van der Waals surface area (Å²) >= 11 is 1.51. The van der Waals surface area contributed by atoms with Crippen molar-refractivity contribution in [2.45, 2.75) is 95.0 Å². The van der Waals surface area contributed by atoms with Gasteiger partial charge in [-0.1, -0.05) is 62.4 Å². The Balaban J connectivity index is 1.55. The Bertz CT molecular complexity index is 1910. The van der Waals surface area contributed by atoms with Crippen molar-refractivity contribution in [1.82, 2.24) is 36.6 Å². The normalized spacial score (nSPS) is 16.6. The number of hydrogen-bond acceptors (Lipinski definition) is 10. The Morgan fingerprint density at radius 3 is 2.17 bits per heavy atom. The van der Waals surface area contributed by atoms with E-state index in [4.69, 9.17) is 17.3 Å². The summed E-state index contributed by atoms with van der Waals surface area (Å²) < 4.78 is 0. The topological polar surface area (TPSA) is 277 Å². The lowest BCUT2D eigenvalue weighted by Gasteiger charge is -2.30. The van der Waals surface area contributed by atoms with Crippen LogP contribution in [0.1, 0.15) is 57.1 Å². The van der Waals surface area contributed by atoms with E-state index in [0.29, 0.717) is 18.6 Å². The predicted octanol–water partition coefficient (Wildman–Crippen LogP) is -0.125. The maximum atomic E-state index is 14.2. The minimum absolute atomic E-state index is 0.00559.